The van der Waals surface area contributed by atoms with E-state index in [4.69, 9.17) is 17.2 Å². The molecule has 1 atom stereocenters. The zero-order chi connectivity index (χ0) is 22.1. The zero-order valence-corrected chi connectivity index (χ0v) is 20.3. The lowest BCUT2D eigenvalue weighted by Crippen LogP contribution is -2.40. The van der Waals surface area contributed by atoms with Gasteiger partial charge in [-0.15, -0.1) is 0 Å². The van der Waals surface area contributed by atoms with Crippen LogP contribution in [0.3, 0.4) is 0 Å². The third-order valence-electron chi connectivity index (χ3n) is 5.54. The van der Waals surface area contributed by atoms with Gasteiger partial charge in [-0.2, -0.15) is 11.8 Å². The van der Waals surface area contributed by atoms with E-state index in [9.17, 15) is 4.79 Å². The number of fused-ring (bicyclic) bond motifs is 1. The number of thiocarbonyl (C=S) groups is 1. The number of nitrogens with zero attached hydrogens (tertiary/aromatic N) is 4. The van der Waals surface area contributed by atoms with Crippen molar-refractivity contribution in [1.29, 1.82) is 0 Å². The molecule has 2 fully saturated rings. The molecule has 1 aromatic heterocycles. The summed E-state index contributed by atoms with van der Waals surface area (Å²) in [7, 11) is 0. The maximum Gasteiger partial charge on any atom is 0.244 e. The average Bonchev–Trinajstić information content (AvgIpc) is 3.41. The van der Waals surface area contributed by atoms with Crippen LogP contribution in [0.4, 0.5) is 5.69 Å². The first-order valence-electron chi connectivity index (χ1n) is 10.3. The van der Waals surface area contributed by atoms with E-state index in [1.165, 1.54) is 0 Å². The van der Waals surface area contributed by atoms with Gasteiger partial charge in [-0.05, 0) is 48.1 Å². The number of hydrogen-bond donors (Lipinski definition) is 2. The van der Waals surface area contributed by atoms with E-state index < -0.39 is 0 Å². The molecule has 5 rings (SSSR count). The van der Waals surface area contributed by atoms with Gasteiger partial charge in [-0.3, -0.25) is 14.7 Å². The maximum atomic E-state index is 12.8. The number of rotatable bonds is 4. The topological polar surface area (TPSA) is 76.6 Å². The number of benzene rings is 2. The van der Waals surface area contributed by atoms with E-state index in [0.717, 1.165) is 51.4 Å². The molecule has 0 bridgehead atoms. The van der Waals surface area contributed by atoms with Gasteiger partial charge >= 0.3 is 0 Å². The standard InChI is InChI=1S/C22H21BrN6OS2/c23-15-3-1-2-14(10-15)20-21(24-12-19(30)28-6-8-32-9-7-28)29(22(31)27-20)16-4-5-17-18(11-16)26-13-25-17/h1-5,10-11,13,20H,6-9,12H2,(H,25,26)(H,27,31)/b24-21+. The first-order valence-corrected chi connectivity index (χ1v) is 12.6. The molecule has 32 heavy (non-hydrogen) atoms. The molecule has 3 aromatic rings. The molecule has 2 aliphatic heterocycles. The average molecular weight is 529 g/mol. The van der Waals surface area contributed by atoms with Gasteiger partial charge in [-0.1, -0.05) is 28.1 Å². The predicted octanol–water partition coefficient (Wildman–Crippen LogP) is 3.74. The molecular weight excluding hydrogens is 508 g/mol. The molecule has 0 saturated carbocycles. The molecule has 1 unspecified atom stereocenters. The Kier molecular flexibility index (Phi) is 6.16. The first kappa shape index (κ1) is 21.4. The molecule has 7 nitrogen and oxygen atoms in total. The van der Waals surface area contributed by atoms with Crippen LogP contribution in [0.2, 0.25) is 0 Å². The monoisotopic (exact) mass is 528 g/mol. The number of H-pyrrole nitrogens is 1. The number of halogens is 1. The summed E-state index contributed by atoms with van der Waals surface area (Å²) in [5, 5.41) is 3.94. The Hall–Kier alpha value is -2.43. The van der Waals surface area contributed by atoms with Crippen molar-refractivity contribution >= 4 is 73.5 Å². The lowest BCUT2D eigenvalue weighted by atomic mass is 10.1. The Bertz CT molecular complexity index is 1210. The molecule has 2 N–H and O–H groups in total. The molecule has 10 heteroatoms. The third-order valence-corrected chi connectivity index (χ3v) is 7.28. The van der Waals surface area contributed by atoms with Crippen molar-refractivity contribution in [2.75, 3.05) is 36.0 Å². The van der Waals surface area contributed by atoms with Gasteiger partial charge in [-0.25, -0.2) is 4.98 Å². The molecule has 0 aliphatic carbocycles. The molecule has 2 aromatic carbocycles. The minimum absolute atomic E-state index is 0.0475. The van der Waals surface area contributed by atoms with Gasteiger partial charge in [0.2, 0.25) is 5.91 Å². The maximum absolute atomic E-state index is 12.8. The van der Waals surface area contributed by atoms with E-state index in [-0.39, 0.29) is 18.5 Å². The van der Waals surface area contributed by atoms with Crippen LogP contribution in [-0.4, -0.2) is 62.9 Å². The molecule has 164 valence electrons. The number of nitrogens with one attached hydrogen (secondary N) is 2. The van der Waals surface area contributed by atoms with Crippen LogP contribution in [-0.2, 0) is 4.79 Å². The van der Waals surface area contributed by atoms with E-state index in [2.05, 4.69) is 31.2 Å². The summed E-state index contributed by atoms with van der Waals surface area (Å²) in [5.74, 6) is 2.71. The summed E-state index contributed by atoms with van der Waals surface area (Å²) in [5.41, 5.74) is 3.68. The Labute approximate surface area is 203 Å². The Morgan fingerprint density at radius 1 is 1.25 bits per heavy atom. The van der Waals surface area contributed by atoms with Crippen LogP contribution >= 0.6 is 39.9 Å². The van der Waals surface area contributed by atoms with Crippen molar-refractivity contribution < 1.29 is 4.79 Å². The van der Waals surface area contributed by atoms with Crippen LogP contribution in [0, 0.1) is 0 Å². The summed E-state index contributed by atoms with van der Waals surface area (Å²) >= 11 is 11.1. The van der Waals surface area contributed by atoms with Gasteiger partial charge in [0.15, 0.2) is 5.11 Å². The smallest absolute Gasteiger partial charge is 0.244 e. The third kappa shape index (κ3) is 4.26. The van der Waals surface area contributed by atoms with Crippen LogP contribution in [0.15, 0.2) is 58.3 Å². The van der Waals surface area contributed by atoms with Crippen molar-refractivity contribution in [2.24, 2.45) is 4.99 Å². The van der Waals surface area contributed by atoms with E-state index in [0.29, 0.717) is 10.9 Å². The number of carbonyl (C=O) groups is 1. The minimum atomic E-state index is -0.250. The second-order valence-corrected chi connectivity index (χ2v) is 10.1. The number of aliphatic imine (C=N–C) groups is 1. The summed E-state index contributed by atoms with van der Waals surface area (Å²) in [6.07, 6.45) is 1.67. The number of amides is 1. The number of amidine groups is 1. The molecule has 1 amide bonds. The van der Waals surface area contributed by atoms with Crippen molar-refractivity contribution in [2.45, 2.75) is 6.04 Å². The predicted molar refractivity (Wildman–Crippen MR) is 137 cm³/mol. The second-order valence-electron chi connectivity index (χ2n) is 7.54. The fraction of sp³-hybridized carbons (Fsp3) is 0.273. The highest BCUT2D eigenvalue weighted by Crippen LogP contribution is 2.31. The highest BCUT2D eigenvalue weighted by atomic mass is 79.9. The molecular formula is C22H21BrN6OS2. The first-order chi connectivity index (χ1) is 15.6. The zero-order valence-electron chi connectivity index (χ0n) is 17.1. The van der Waals surface area contributed by atoms with Crippen molar-refractivity contribution in [3.8, 4) is 0 Å². The molecule has 0 spiro atoms. The van der Waals surface area contributed by atoms with Crippen molar-refractivity contribution in [1.82, 2.24) is 20.2 Å². The molecule has 0 radical (unpaired) electrons. The SMILES string of the molecule is O=C(C/N=C1\C(c2cccc(Br)c2)NC(=S)N1c1ccc2[nH]cnc2c1)N1CCSCC1. The highest BCUT2D eigenvalue weighted by Gasteiger charge is 2.36. The fourth-order valence-corrected chi connectivity index (χ4v) is 5.57. The Morgan fingerprint density at radius 2 is 2.09 bits per heavy atom. The van der Waals surface area contributed by atoms with Crippen LogP contribution < -0.4 is 10.2 Å². The second kappa shape index (κ2) is 9.21. The summed E-state index contributed by atoms with van der Waals surface area (Å²) in [6, 6.07) is 13.7. The fourth-order valence-electron chi connectivity index (χ4n) is 3.94. The van der Waals surface area contributed by atoms with Crippen LogP contribution in [0.25, 0.3) is 11.0 Å². The van der Waals surface area contributed by atoms with Crippen molar-refractivity contribution in [3.63, 3.8) is 0 Å². The van der Waals surface area contributed by atoms with E-state index >= 15 is 0 Å². The quantitative estimate of drug-likeness (QED) is 0.502. The minimum Gasteiger partial charge on any atom is -0.348 e. The van der Waals surface area contributed by atoms with Gasteiger partial charge in [0, 0.05) is 29.1 Å². The molecule has 2 saturated heterocycles. The van der Waals surface area contributed by atoms with Gasteiger partial charge < -0.3 is 15.2 Å². The number of thioether (sulfide) groups is 1. The van der Waals surface area contributed by atoms with Crippen LogP contribution in [0.1, 0.15) is 11.6 Å². The van der Waals surface area contributed by atoms with Gasteiger partial charge in [0.1, 0.15) is 18.4 Å². The number of anilines is 1. The Morgan fingerprint density at radius 3 is 2.91 bits per heavy atom. The van der Waals surface area contributed by atoms with Gasteiger partial charge in [0.05, 0.1) is 23.0 Å². The Balaban J connectivity index is 1.51. The lowest BCUT2D eigenvalue weighted by molar-refractivity contribution is -0.129. The van der Waals surface area contributed by atoms with E-state index in [1.807, 2.05) is 64.0 Å². The van der Waals surface area contributed by atoms with Crippen LogP contribution in [0.5, 0.6) is 0 Å². The normalized spacial score (nSPS) is 20.2. The number of carbonyl (C=O) groups excluding carboxylic acids is 1. The molecule has 3 heterocycles. The highest BCUT2D eigenvalue weighted by molar-refractivity contribution is 9.10. The summed E-state index contributed by atoms with van der Waals surface area (Å²) in [4.78, 5) is 28.9. The number of aromatic amines is 1. The van der Waals surface area contributed by atoms with E-state index in [1.54, 1.807) is 6.33 Å². The number of hydrogen-bond acceptors (Lipinski definition) is 5. The lowest BCUT2D eigenvalue weighted by Gasteiger charge is -2.26. The summed E-state index contributed by atoms with van der Waals surface area (Å²) in [6.45, 7) is 1.65. The van der Waals surface area contributed by atoms with Crippen molar-refractivity contribution in [3.05, 3.63) is 58.8 Å². The van der Waals surface area contributed by atoms with Gasteiger partial charge in [0.25, 0.3) is 0 Å². The molecule has 2 aliphatic rings. The summed E-state index contributed by atoms with van der Waals surface area (Å²) < 4.78 is 0.973. The largest absolute Gasteiger partial charge is 0.348 e. The number of aromatic nitrogens is 2. The number of imidazole rings is 1.